The molecule has 0 bridgehead atoms. The number of benzene rings is 1. The lowest BCUT2D eigenvalue weighted by Crippen LogP contribution is -2.37. The highest BCUT2D eigenvalue weighted by Crippen LogP contribution is 2.32. The number of aromatic nitrogens is 2. The van der Waals surface area contributed by atoms with Crippen molar-refractivity contribution in [3.63, 3.8) is 0 Å². The molecule has 154 valence electrons. The number of nitrogens with one attached hydrogen (secondary N) is 2. The second kappa shape index (κ2) is 9.52. The molecule has 0 radical (unpaired) electrons. The van der Waals surface area contributed by atoms with Crippen LogP contribution in [-0.4, -0.2) is 29.7 Å². The SMILES string of the molecule is CN=C(NCCCc1nc(C(C)C)no1)NCc1ccc(F)cc1C(F)(F)F. The highest BCUT2D eigenvalue weighted by atomic mass is 19.4. The number of nitrogens with zero attached hydrogens (tertiary/aromatic N) is 3. The van der Waals surface area contributed by atoms with Gasteiger partial charge in [-0.15, -0.1) is 0 Å². The summed E-state index contributed by atoms with van der Waals surface area (Å²) in [5.41, 5.74) is -1.07. The number of hydrogen-bond donors (Lipinski definition) is 2. The summed E-state index contributed by atoms with van der Waals surface area (Å²) in [5, 5.41) is 9.68. The molecule has 1 aromatic heterocycles. The van der Waals surface area contributed by atoms with Gasteiger partial charge in [0.1, 0.15) is 5.82 Å². The average molecular weight is 401 g/mol. The number of aliphatic imine (C=N–C) groups is 1. The average Bonchev–Trinajstić information content (AvgIpc) is 3.10. The summed E-state index contributed by atoms with van der Waals surface area (Å²) in [6.45, 7) is 4.30. The van der Waals surface area contributed by atoms with E-state index in [4.69, 9.17) is 4.52 Å². The molecule has 0 spiro atoms. The molecule has 0 fully saturated rings. The van der Waals surface area contributed by atoms with Crippen LogP contribution in [-0.2, 0) is 19.1 Å². The molecule has 0 aliphatic heterocycles. The van der Waals surface area contributed by atoms with E-state index in [9.17, 15) is 17.6 Å². The van der Waals surface area contributed by atoms with Crippen molar-refractivity contribution in [2.24, 2.45) is 4.99 Å². The molecule has 0 amide bonds. The first-order valence-corrected chi connectivity index (χ1v) is 8.83. The lowest BCUT2D eigenvalue weighted by molar-refractivity contribution is -0.138. The Morgan fingerprint density at radius 3 is 2.61 bits per heavy atom. The summed E-state index contributed by atoms with van der Waals surface area (Å²) >= 11 is 0. The van der Waals surface area contributed by atoms with Crippen LogP contribution in [0.4, 0.5) is 17.6 Å². The van der Waals surface area contributed by atoms with Gasteiger partial charge in [-0.3, -0.25) is 4.99 Å². The van der Waals surface area contributed by atoms with Crippen molar-refractivity contribution in [1.29, 1.82) is 0 Å². The van der Waals surface area contributed by atoms with Gasteiger partial charge in [-0.25, -0.2) is 4.39 Å². The summed E-state index contributed by atoms with van der Waals surface area (Å²) in [6.07, 6.45) is -3.39. The smallest absolute Gasteiger partial charge is 0.356 e. The minimum Gasteiger partial charge on any atom is -0.356 e. The van der Waals surface area contributed by atoms with Crippen molar-refractivity contribution in [2.75, 3.05) is 13.6 Å². The molecular formula is C18H23F4N5O. The maximum atomic E-state index is 13.2. The summed E-state index contributed by atoms with van der Waals surface area (Å²) in [4.78, 5) is 8.25. The zero-order valence-electron chi connectivity index (χ0n) is 15.9. The van der Waals surface area contributed by atoms with Gasteiger partial charge < -0.3 is 15.2 Å². The van der Waals surface area contributed by atoms with Crippen LogP contribution < -0.4 is 10.6 Å². The van der Waals surface area contributed by atoms with Crippen molar-refractivity contribution in [3.05, 3.63) is 46.9 Å². The van der Waals surface area contributed by atoms with E-state index < -0.39 is 17.6 Å². The van der Waals surface area contributed by atoms with Gasteiger partial charge in [-0.2, -0.15) is 18.2 Å². The van der Waals surface area contributed by atoms with Crippen LogP contribution in [0, 0.1) is 5.82 Å². The highest BCUT2D eigenvalue weighted by Gasteiger charge is 2.33. The zero-order valence-corrected chi connectivity index (χ0v) is 15.9. The second-order valence-corrected chi connectivity index (χ2v) is 6.46. The fourth-order valence-corrected chi connectivity index (χ4v) is 2.42. The number of guanidine groups is 1. The van der Waals surface area contributed by atoms with Crippen molar-refractivity contribution in [3.8, 4) is 0 Å². The zero-order chi connectivity index (χ0) is 20.7. The van der Waals surface area contributed by atoms with Crippen molar-refractivity contribution < 1.29 is 22.1 Å². The largest absolute Gasteiger partial charge is 0.416 e. The Morgan fingerprint density at radius 1 is 1.25 bits per heavy atom. The molecule has 1 heterocycles. The molecule has 0 saturated carbocycles. The van der Waals surface area contributed by atoms with Crippen LogP contribution in [0.15, 0.2) is 27.7 Å². The summed E-state index contributed by atoms with van der Waals surface area (Å²) < 4.78 is 57.4. The molecule has 0 aliphatic rings. The molecule has 1 aromatic carbocycles. The molecule has 6 nitrogen and oxygen atoms in total. The van der Waals surface area contributed by atoms with Crippen LogP contribution in [0.2, 0.25) is 0 Å². The van der Waals surface area contributed by atoms with Crippen molar-refractivity contribution in [2.45, 2.75) is 45.3 Å². The third-order valence-corrected chi connectivity index (χ3v) is 3.91. The molecular weight excluding hydrogens is 378 g/mol. The second-order valence-electron chi connectivity index (χ2n) is 6.46. The first-order valence-electron chi connectivity index (χ1n) is 8.83. The van der Waals surface area contributed by atoms with Crippen molar-refractivity contribution in [1.82, 2.24) is 20.8 Å². The number of alkyl halides is 3. The van der Waals surface area contributed by atoms with E-state index >= 15 is 0 Å². The molecule has 2 aromatic rings. The normalized spacial score (nSPS) is 12.5. The third kappa shape index (κ3) is 6.21. The summed E-state index contributed by atoms with van der Waals surface area (Å²) in [6, 6.07) is 2.60. The van der Waals surface area contributed by atoms with Gasteiger partial charge in [0, 0.05) is 32.5 Å². The predicted octanol–water partition coefficient (Wildman–Crippen LogP) is 3.65. The lowest BCUT2D eigenvalue weighted by atomic mass is 10.1. The van der Waals surface area contributed by atoms with Gasteiger partial charge >= 0.3 is 6.18 Å². The van der Waals surface area contributed by atoms with E-state index in [0.29, 0.717) is 43.1 Å². The topological polar surface area (TPSA) is 75.3 Å². The van der Waals surface area contributed by atoms with Gasteiger partial charge in [-0.05, 0) is 24.1 Å². The Kier molecular flexibility index (Phi) is 7.36. The number of rotatable bonds is 7. The van der Waals surface area contributed by atoms with Gasteiger partial charge in [0.25, 0.3) is 0 Å². The van der Waals surface area contributed by atoms with Crippen LogP contribution in [0.25, 0.3) is 0 Å². The molecule has 0 saturated heterocycles. The standard InChI is InChI=1S/C18H23F4N5O/c1-11(2)16-26-15(28-27-16)5-4-8-24-17(23-3)25-10-12-6-7-13(19)9-14(12)18(20,21)22/h6-7,9,11H,4-5,8,10H2,1-3H3,(H2,23,24,25). The molecule has 0 aliphatic carbocycles. The molecule has 10 heteroatoms. The lowest BCUT2D eigenvalue weighted by Gasteiger charge is -2.15. The van der Waals surface area contributed by atoms with Gasteiger partial charge in [0.15, 0.2) is 11.8 Å². The number of hydrogen-bond acceptors (Lipinski definition) is 4. The minimum atomic E-state index is -4.63. The Bertz CT molecular complexity index is 802. The first-order chi connectivity index (χ1) is 13.2. The van der Waals surface area contributed by atoms with Gasteiger partial charge in [-0.1, -0.05) is 25.1 Å². The molecule has 2 rings (SSSR count). The van der Waals surface area contributed by atoms with Crippen molar-refractivity contribution >= 4 is 5.96 Å². The van der Waals surface area contributed by atoms with E-state index in [0.717, 1.165) is 12.1 Å². The fraction of sp³-hybridized carbons (Fsp3) is 0.500. The van der Waals surface area contributed by atoms with E-state index in [2.05, 4.69) is 25.8 Å². The number of aryl methyl sites for hydroxylation is 1. The van der Waals surface area contributed by atoms with Gasteiger partial charge in [0.05, 0.1) is 5.56 Å². The molecule has 2 N–H and O–H groups in total. The minimum absolute atomic E-state index is 0.0658. The maximum Gasteiger partial charge on any atom is 0.416 e. The fourth-order valence-electron chi connectivity index (χ4n) is 2.42. The molecule has 28 heavy (non-hydrogen) atoms. The van der Waals surface area contributed by atoms with E-state index in [1.54, 1.807) is 0 Å². The van der Waals surface area contributed by atoms with Crippen LogP contribution in [0.1, 0.15) is 49.0 Å². The monoisotopic (exact) mass is 401 g/mol. The van der Waals surface area contributed by atoms with Gasteiger partial charge in [0.2, 0.25) is 5.89 Å². The molecule has 0 unspecified atom stereocenters. The first kappa shape index (κ1) is 21.6. The van der Waals surface area contributed by atoms with Crippen LogP contribution in [0.5, 0.6) is 0 Å². The highest BCUT2D eigenvalue weighted by molar-refractivity contribution is 5.79. The van der Waals surface area contributed by atoms with E-state index in [1.807, 2.05) is 13.8 Å². The summed E-state index contributed by atoms with van der Waals surface area (Å²) in [7, 11) is 1.51. The van der Waals surface area contributed by atoms with Crippen LogP contribution in [0.3, 0.4) is 0 Å². The molecule has 0 atom stereocenters. The number of halogens is 4. The Morgan fingerprint density at radius 2 is 2.00 bits per heavy atom. The summed E-state index contributed by atoms with van der Waals surface area (Å²) in [5.74, 6) is 0.785. The quantitative estimate of drug-likeness (QED) is 0.321. The third-order valence-electron chi connectivity index (χ3n) is 3.91. The Balaban J connectivity index is 1.83. The van der Waals surface area contributed by atoms with E-state index in [1.165, 1.54) is 7.05 Å². The predicted molar refractivity (Wildman–Crippen MR) is 96.3 cm³/mol. The Labute approximate surface area is 160 Å². The Hall–Kier alpha value is -2.65. The maximum absolute atomic E-state index is 13.2. The van der Waals surface area contributed by atoms with Crippen LogP contribution >= 0.6 is 0 Å². The van der Waals surface area contributed by atoms with E-state index in [-0.39, 0.29) is 18.0 Å².